The van der Waals surface area contributed by atoms with Crippen LogP contribution < -0.4 is 11.5 Å². The highest BCUT2D eigenvalue weighted by molar-refractivity contribution is 4.92. The Morgan fingerprint density at radius 2 is 1.80 bits per heavy atom. The molecule has 0 radical (unpaired) electrons. The van der Waals surface area contributed by atoms with Crippen LogP contribution in [0.2, 0.25) is 0 Å². The van der Waals surface area contributed by atoms with Crippen LogP contribution in [0, 0.1) is 35.0 Å². The van der Waals surface area contributed by atoms with Crippen molar-refractivity contribution < 1.29 is 0 Å². The van der Waals surface area contributed by atoms with Crippen molar-refractivity contribution in [3.8, 4) is 0 Å². The molecule has 0 saturated heterocycles. The first-order valence-corrected chi connectivity index (χ1v) is 8.79. The number of rotatable bonds is 5. The fraction of sp³-hybridized carbons (Fsp3) is 1.00. The number of hydrogen-bond donors (Lipinski definition) is 2. The molecular weight excluding hydrogens is 244 g/mol. The first kappa shape index (κ1) is 16.3. The van der Waals surface area contributed by atoms with Crippen molar-refractivity contribution >= 4 is 0 Å². The molecule has 2 saturated carbocycles. The number of hydrogen-bond acceptors (Lipinski definition) is 2. The monoisotopic (exact) mass is 280 g/mol. The molecule has 5 atom stereocenters. The fourth-order valence-electron chi connectivity index (χ4n) is 5.17. The average Bonchev–Trinajstić information content (AvgIpc) is 2.95. The van der Waals surface area contributed by atoms with E-state index in [2.05, 4.69) is 27.7 Å². The lowest BCUT2D eigenvalue weighted by Gasteiger charge is -2.34. The van der Waals surface area contributed by atoms with E-state index in [1.165, 1.54) is 38.5 Å². The van der Waals surface area contributed by atoms with Crippen molar-refractivity contribution in [3.63, 3.8) is 0 Å². The first-order valence-electron chi connectivity index (χ1n) is 8.79. The molecule has 2 rings (SSSR count). The van der Waals surface area contributed by atoms with Gasteiger partial charge in [-0.25, -0.2) is 0 Å². The Hall–Kier alpha value is -0.0800. The Labute approximate surface area is 126 Å². The summed E-state index contributed by atoms with van der Waals surface area (Å²) in [5, 5.41) is 0. The molecule has 0 aliphatic heterocycles. The Bertz CT molecular complexity index is 311. The molecule has 0 spiro atoms. The van der Waals surface area contributed by atoms with Gasteiger partial charge in [-0.1, -0.05) is 27.7 Å². The third-order valence-electron chi connectivity index (χ3n) is 6.40. The van der Waals surface area contributed by atoms with Crippen LogP contribution in [0.15, 0.2) is 0 Å². The van der Waals surface area contributed by atoms with Crippen LogP contribution in [0.25, 0.3) is 0 Å². The van der Waals surface area contributed by atoms with Crippen LogP contribution in [0.1, 0.15) is 66.2 Å². The minimum Gasteiger partial charge on any atom is -0.330 e. The Morgan fingerprint density at radius 3 is 2.25 bits per heavy atom. The maximum atomic E-state index is 6.12. The molecule has 0 heterocycles. The van der Waals surface area contributed by atoms with Crippen LogP contribution in [-0.4, -0.2) is 12.6 Å². The van der Waals surface area contributed by atoms with E-state index in [1.54, 1.807) is 0 Å². The lowest BCUT2D eigenvalue weighted by Crippen LogP contribution is -2.26. The van der Waals surface area contributed by atoms with Crippen LogP contribution in [0.4, 0.5) is 0 Å². The molecule has 118 valence electrons. The second-order valence-corrected chi connectivity index (χ2v) is 8.70. The van der Waals surface area contributed by atoms with Crippen molar-refractivity contribution in [3.05, 3.63) is 0 Å². The van der Waals surface area contributed by atoms with Gasteiger partial charge >= 0.3 is 0 Å². The quantitative estimate of drug-likeness (QED) is 0.805. The molecule has 0 aromatic carbocycles. The molecule has 5 unspecified atom stereocenters. The molecule has 0 bridgehead atoms. The van der Waals surface area contributed by atoms with Crippen LogP contribution >= 0.6 is 0 Å². The van der Waals surface area contributed by atoms with Gasteiger partial charge in [0.05, 0.1) is 0 Å². The van der Waals surface area contributed by atoms with Gasteiger partial charge in [-0.3, -0.25) is 0 Å². The zero-order chi connectivity index (χ0) is 14.9. The van der Waals surface area contributed by atoms with Crippen molar-refractivity contribution in [1.29, 1.82) is 0 Å². The van der Waals surface area contributed by atoms with Crippen molar-refractivity contribution in [2.24, 2.45) is 46.5 Å². The maximum Gasteiger partial charge on any atom is 0.00417 e. The van der Waals surface area contributed by atoms with E-state index >= 15 is 0 Å². The molecule has 0 aromatic rings. The molecule has 0 amide bonds. The fourth-order valence-corrected chi connectivity index (χ4v) is 5.17. The van der Waals surface area contributed by atoms with E-state index in [1.807, 2.05) is 0 Å². The highest BCUT2D eigenvalue weighted by atomic mass is 14.7. The average molecular weight is 280 g/mol. The molecule has 20 heavy (non-hydrogen) atoms. The van der Waals surface area contributed by atoms with Gasteiger partial charge in [0.2, 0.25) is 0 Å². The highest BCUT2D eigenvalue weighted by Gasteiger charge is 2.41. The summed E-state index contributed by atoms with van der Waals surface area (Å²) in [6.45, 7) is 10.6. The third-order valence-corrected chi connectivity index (χ3v) is 6.40. The number of nitrogens with two attached hydrogens (primary N) is 2. The predicted octanol–water partition coefficient (Wildman–Crippen LogP) is 3.79. The third kappa shape index (κ3) is 3.57. The molecule has 0 aromatic heterocycles. The van der Waals surface area contributed by atoms with Crippen LogP contribution in [0.3, 0.4) is 0 Å². The second kappa shape index (κ2) is 6.36. The summed E-state index contributed by atoms with van der Waals surface area (Å²) >= 11 is 0. The Morgan fingerprint density at radius 1 is 1.10 bits per heavy atom. The summed E-state index contributed by atoms with van der Waals surface area (Å²) in [5.74, 6) is 4.14. The van der Waals surface area contributed by atoms with E-state index in [0.717, 1.165) is 36.1 Å². The minimum atomic E-state index is 0.461. The first-order chi connectivity index (χ1) is 9.33. The molecule has 4 N–H and O–H groups in total. The zero-order valence-corrected chi connectivity index (χ0v) is 14.1. The summed E-state index contributed by atoms with van der Waals surface area (Å²) in [4.78, 5) is 0. The molecule has 2 fully saturated rings. The van der Waals surface area contributed by atoms with Crippen molar-refractivity contribution in [2.45, 2.75) is 72.3 Å². The van der Waals surface area contributed by atoms with E-state index in [4.69, 9.17) is 11.5 Å². The van der Waals surface area contributed by atoms with Gasteiger partial charge in [-0.2, -0.15) is 0 Å². The Balaban J connectivity index is 1.93. The van der Waals surface area contributed by atoms with Gasteiger partial charge in [-0.15, -0.1) is 0 Å². The standard InChI is InChI=1S/C18H36N2/c1-12(2)17-8-13(7-14(17)11-19)10-18(3,4)15-5-6-16(20)9-15/h12-17H,5-11,19-20H2,1-4H3. The van der Waals surface area contributed by atoms with Crippen LogP contribution in [-0.2, 0) is 0 Å². The van der Waals surface area contributed by atoms with E-state index < -0.39 is 0 Å². The van der Waals surface area contributed by atoms with Gasteiger partial charge in [0.15, 0.2) is 0 Å². The van der Waals surface area contributed by atoms with E-state index in [-0.39, 0.29) is 0 Å². The lowest BCUT2D eigenvalue weighted by atomic mass is 9.71. The van der Waals surface area contributed by atoms with Gasteiger partial charge in [-0.05, 0) is 80.1 Å². The predicted molar refractivity (Wildman–Crippen MR) is 87.3 cm³/mol. The Kier molecular flexibility index (Phi) is 5.18. The summed E-state index contributed by atoms with van der Waals surface area (Å²) in [6.07, 6.45) is 7.97. The van der Waals surface area contributed by atoms with E-state index in [0.29, 0.717) is 11.5 Å². The minimum absolute atomic E-state index is 0.461. The van der Waals surface area contributed by atoms with Crippen LogP contribution in [0.5, 0.6) is 0 Å². The topological polar surface area (TPSA) is 52.0 Å². The van der Waals surface area contributed by atoms with Gasteiger partial charge < -0.3 is 11.5 Å². The molecule has 2 aliphatic carbocycles. The van der Waals surface area contributed by atoms with Gasteiger partial charge in [0.1, 0.15) is 0 Å². The van der Waals surface area contributed by atoms with Crippen molar-refractivity contribution in [1.82, 2.24) is 0 Å². The van der Waals surface area contributed by atoms with Gasteiger partial charge in [0.25, 0.3) is 0 Å². The summed E-state index contributed by atoms with van der Waals surface area (Å²) in [7, 11) is 0. The maximum absolute atomic E-state index is 6.12. The van der Waals surface area contributed by atoms with Crippen molar-refractivity contribution in [2.75, 3.05) is 6.54 Å². The summed E-state index contributed by atoms with van der Waals surface area (Å²) < 4.78 is 0. The molecule has 2 nitrogen and oxygen atoms in total. The van der Waals surface area contributed by atoms with E-state index in [9.17, 15) is 0 Å². The molecule has 2 heteroatoms. The summed E-state index contributed by atoms with van der Waals surface area (Å²) in [5.41, 5.74) is 12.6. The van der Waals surface area contributed by atoms with Gasteiger partial charge in [0, 0.05) is 6.04 Å². The smallest absolute Gasteiger partial charge is 0.00417 e. The normalized spacial score (nSPS) is 38.9. The zero-order valence-electron chi connectivity index (χ0n) is 14.1. The lowest BCUT2D eigenvalue weighted by molar-refractivity contribution is 0.160. The SMILES string of the molecule is CC(C)C1CC(CC(C)(C)C2CCC(N)C2)CC1CN. The molecule has 2 aliphatic rings. The molecular formula is C18H36N2. The highest BCUT2D eigenvalue weighted by Crippen LogP contribution is 2.49. The summed E-state index contributed by atoms with van der Waals surface area (Å²) in [6, 6.07) is 0.461. The second-order valence-electron chi connectivity index (χ2n) is 8.70. The largest absolute Gasteiger partial charge is 0.330 e.